The fraction of sp³-hybridized carbons (Fsp3) is 0. The van der Waals surface area contributed by atoms with Crippen LogP contribution < -0.4 is 8.37 Å². The second-order valence-corrected chi connectivity index (χ2v) is 9.42. The van der Waals surface area contributed by atoms with Gasteiger partial charge < -0.3 is 8.37 Å². The highest BCUT2D eigenvalue weighted by Crippen LogP contribution is 2.25. The average molecular weight is 459 g/mol. The van der Waals surface area contributed by atoms with Crippen molar-refractivity contribution in [3.05, 3.63) is 82.8 Å². The highest BCUT2D eigenvalue weighted by Gasteiger charge is 2.22. The first kappa shape index (κ1) is 20.5. The van der Waals surface area contributed by atoms with Crippen molar-refractivity contribution >= 4 is 43.4 Å². The maximum atomic E-state index is 12.5. The Hall–Kier alpha value is -2.26. The lowest BCUT2D eigenvalue weighted by Crippen LogP contribution is -2.13. The second-order valence-electron chi connectivity index (χ2n) is 5.46. The van der Waals surface area contributed by atoms with E-state index in [9.17, 15) is 16.8 Å². The first-order chi connectivity index (χ1) is 13.2. The van der Waals surface area contributed by atoms with Crippen LogP contribution in [0.15, 0.2) is 82.6 Å². The third-order valence-electron chi connectivity index (χ3n) is 3.42. The standard InChI is InChI=1S/C18H12Cl2O6S2/c19-13-4-8-15(9-5-13)25-27(21,22)17-2-1-3-18(12-17)28(23,24)26-16-10-6-14(20)7-11-16/h1-12H. The molecular weight excluding hydrogens is 447 g/mol. The Morgan fingerprint density at radius 2 is 0.929 bits per heavy atom. The van der Waals surface area contributed by atoms with Crippen LogP contribution in [0.4, 0.5) is 0 Å². The van der Waals surface area contributed by atoms with Crippen LogP contribution in [0.3, 0.4) is 0 Å². The van der Waals surface area contributed by atoms with E-state index in [1.807, 2.05) is 0 Å². The van der Waals surface area contributed by atoms with Gasteiger partial charge in [-0.2, -0.15) is 16.8 Å². The summed E-state index contributed by atoms with van der Waals surface area (Å²) in [5.74, 6) is 0.0742. The normalized spacial score (nSPS) is 11.8. The van der Waals surface area contributed by atoms with Crippen molar-refractivity contribution < 1.29 is 25.2 Å². The number of halogens is 2. The predicted molar refractivity (Wildman–Crippen MR) is 105 cm³/mol. The molecule has 0 bridgehead atoms. The van der Waals surface area contributed by atoms with E-state index in [4.69, 9.17) is 31.6 Å². The zero-order valence-corrected chi connectivity index (χ0v) is 17.1. The van der Waals surface area contributed by atoms with E-state index < -0.39 is 20.2 Å². The predicted octanol–water partition coefficient (Wildman–Crippen LogP) is 4.53. The SMILES string of the molecule is O=S(=O)(Oc1ccc(Cl)cc1)c1cccc(S(=O)(=O)Oc2ccc(Cl)cc2)c1. The molecular formula is C18H12Cl2O6S2. The van der Waals surface area contributed by atoms with Gasteiger partial charge in [0.15, 0.2) is 0 Å². The first-order valence-corrected chi connectivity index (χ1v) is 11.2. The van der Waals surface area contributed by atoms with Crippen LogP contribution in [0.5, 0.6) is 11.5 Å². The van der Waals surface area contributed by atoms with Crippen LogP contribution in [0.2, 0.25) is 10.0 Å². The van der Waals surface area contributed by atoms with E-state index in [0.29, 0.717) is 10.0 Å². The van der Waals surface area contributed by atoms with Gasteiger partial charge in [-0.25, -0.2) is 0 Å². The molecule has 28 heavy (non-hydrogen) atoms. The van der Waals surface area contributed by atoms with Gasteiger partial charge in [-0.3, -0.25) is 0 Å². The molecule has 10 heteroatoms. The maximum Gasteiger partial charge on any atom is 0.339 e. The fourth-order valence-corrected chi connectivity index (χ4v) is 4.40. The van der Waals surface area contributed by atoms with E-state index in [1.54, 1.807) is 0 Å². The highest BCUT2D eigenvalue weighted by atomic mass is 35.5. The molecule has 0 atom stereocenters. The zero-order chi connectivity index (χ0) is 20.4. The Labute approximate surface area is 172 Å². The molecule has 146 valence electrons. The van der Waals surface area contributed by atoms with Gasteiger partial charge in [-0.05, 0) is 66.7 Å². The van der Waals surface area contributed by atoms with Gasteiger partial charge in [0.25, 0.3) is 0 Å². The third-order valence-corrected chi connectivity index (χ3v) is 6.41. The van der Waals surface area contributed by atoms with Crippen molar-refractivity contribution in [1.29, 1.82) is 0 Å². The maximum absolute atomic E-state index is 12.5. The summed E-state index contributed by atoms with van der Waals surface area (Å²) >= 11 is 11.5. The van der Waals surface area contributed by atoms with Gasteiger partial charge in [0.05, 0.1) is 0 Å². The summed E-state index contributed by atoms with van der Waals surface area (Å²) in [4.78, 5) is -0.688. The molecule has 0 aliphatic carbocycles. The van der Waals surface area contributed by atoms with E-state index in [-0.39, 0.29) is 21.3 Å². The monoisotopic (exact) mass is 458 g/mol. The summed E-state index contributed by atoms with van der Waals surface area (Å²) in [6.45, 7) is 0. The van der Waals surface area contributed by atoms with E-state index >= 15 is 0 Å². The Balaban J connectivity index is 1.88. The number of rotatable bonds is 6. The minimum atomic E-state index is -4.27. The fourth-order valence-electron chi connectivity index (χ4n) is 2.12. The lowest BCUT2D eigenvalue weighted by atomic mass is 10.3. The average Bonchev–Trinajstić information content (AvgIpc) is 2.65. The quantitative estimate of drug-likeness (QED) is 0.504. The summed E-state index contributed by atoms with van der Waals surface area (Å²) in [6, 6.07) is 16.0. The van der Waals surface area contributed by atoms with Crippen LogP contribution in [0, 0.1) is 0 Å². The Bertz CT molecular complexity index is 1100. The third kappa shape index (κ3) is 4.96. The van der Waals surface area contributed by atoms with Crippen LogP contribution in [0.25, 0.3) is 0 Å². The molecule has 0 aliphatic rings. The van der Waals surface area contributed by atoms with Gasteiger partial charge in [-0.15, -0.1) is 0 Å². The summed E-state index contributed by atoms with van der Waals surface area (Å²) < 4.78 is 59.8. The molecule has 0 aliphatic heterocycles. The molecule has 0 spiro atoms. The molecule has 0 fully saturated rings. The molecule has 0 amide bonds. The molecule has 0 aromatic heterocycles. The zero-order valence-electron chi connectivity index (χ0n) is 14.0. The molecule has 3 aromatic rings. The lowest BCUT2D eigenvalue weighted by molar-refractivity contribution is 0.484. The molecule has 3 aromatic carbocycles. The van der Waals surface area contributed by atoms with Crippen LogP contribution in [-0.2, 0) is 20.2 Å². The van der Waals surface area contributed by atoms with Crippen LogP contribution in [-0.4, -0.2) is 16.8 Å². The highest BCUT2D eigenvalue weighted by molar-refractivity contribution is 7.88. The topological polar surface area (TPSA) is 86.7 Å². The van der Waals surface area contributed by atoms with Crippen molar-refractivity contribution in [3.8, 4) is 11.5 Å². The number of hydrogen-bond donors (Lipinski definition) is 0. The lowest BCUT2D eigenvalue weighted by Gasteiger charge is -2.10. The van der Waals surface area contributed by atoms with E-state index in [2.05, 4.69) is 0 Å². The van der Waals surface area contributed by atoms with Gasteiger partial charge in [0.1, 0.15) is 21.3 Å². The molecule has 0 unspecified atom stereocenters. The van der Waals surface area contributed by atoms with Crippen molar-refractivity contribution in [1.82, 2.24) is 0 Å². The Morgan fingerprint density at radius 1 is 0.571 bits per heavy atom. The van der Waals surface area contributed by atoms with Crippen LogP contribution in [0.1, 0.15) is 0 Å². The molecule has 0 saturated carbocycles. The van der Waals surface area contributed by atoms with Crippen molar-refractivity contribution in [2.75, 3.05) is 0 Å². The van der Waals surface area contributed by atoms with E-state index in [0.717, 1.165) is 6.07 Å². The molecule has 3 rings (SSSR count). The van der Waals surface area contributed by atoms with Crippen molar-refractivity contribution in [2.24, 2.45) is 0 Å². The second kappa shape index (κ2) is 8.00. The van der Waals surface area contributed by atoms with Gasteiger partial charge >= 0.3 is 20.2 Å². The van der Waals surface area contributed by atoms with Crippen molar-refractivity contribution in [3.63, 3.8) is 0 Å². The first-order valence-electron chi connectivity index (χ1n) is 7.66. The Kier molecular flexibility index (Phi) is 5.85. The van der Waals surface area contributed by atoms with Crippen molar-refractivity contribution in [2.45, 2.75) is 9.79 Å². The molecule has 6 nitrogen and oxygen atoms in total. The summed E-state index contributed by atoms with van der Waals surface area (Å²) in [6.07, 6.45) is 0. The minimum absolute atomic E-state index is 0.0371. The molecule has 0 N–H and O–H groups in total. The molecule has 0 radical (unpaired) electrons. The largest absolute Gasteiger partial charge is 0.379 e. The summed E-state index contributed by atoms with van der Waals surface area (Å²) in [5.41, 5.74) is 0. The van der Waals surface area contributed by atoms with Crippen LogP contribution >= 0.6 is 23.2 Å². The Morgan fingerprint density at radius 3 is 1.29 bits per heavy atom. The smallest absolute Gasteiger partial charge is 0.339 e. The number of hydrogen-bond acceptors (Lipinski definition) is 6. The van der Waals surface area contributed by atoms with Gasteiger partial charge in [-0.1, -0.05) is 29.3 Å². The molecule has 0 saturated heterocycles. The van der Waals surface area contributed by atoms with E-state index in [1.165, 1.54) is 66.7 Å². The van der Waals surface area contributed by atoms with Gasteiger partial charge in [0, 0.05) is 10.0 Å². The van der Waals surface area contributed by atoms with Gasteiger partial charge in [0.2, 0.25) is 0 Å². The number of benzene rings is 3. The summed E-state index contributed by atoms with van der Waals surface area (Å²) in [7, 11) is -8.54. The summed E-state index contributed by atoms with van der Waals surface area (Å²) in [5, 5.41) is 0.828. The minimum Gasteiger partial charge on any atom is -0.379 e. The molecule has 0 heterocycles.